The molecule has 2 heterocycles. The summed E-state index contributed by atoms with van der Waals surface area (Å²) < 4.78 is 15.4. The number of carbonyl (C=O) groups is 1. The number of aliphatic hydroxyl groups excluding tert-OH is 1. The van der Waals surface area contributed by atoms with Crippen molar-refractivity contribution < 1.29 is 24.1 Å². The molecule has 2 saturated heterocycles. The molecule has 17 heavy (non-hydrogen) atoms. The monoisotopic (exact) mass is 238 g/mol. The molecule has 0 aliphatic carbocycles. The highest BCUT2D eigenvalue weighted by atomic mass is 16.6. The molecule has 2 aliphatic rings. The van der Waals surface area contributed by atoms with Crippen LogP contribution in [0.15, 0.2) is 0 Å². The van der Waals surface area contributed by atoms with Gasteiger partial charge in [-0.2, -0.15) is 10.5 Å². The van der Waals surface area contributed by atoms with Gasteiger partial charge in [0.1, 0.15) is 18.3 Å². The molecule has 2 fully saturated rings. The second kappa shape index (κ2) is 4.68. The first-order valence-corrected chi connectivity index (χ1v) is 5.08. The molecule has 0 aromatic heterocycles. The smallest absolute Gasteiger partial charge is 0.338 e. The van der Waals surface area contributed by atoms with Gasteiger partial charge in [-0.15, -0.1) is 0 Å². The van der Waals surface area contributed by atoms with Crippen molar-refractivity contribution in [3.8, 4) is 12.1 Å². The molecular weight excluding hydrogens is 228 g/mol. The second-order valence-electron chi connectivity index (χ2n) is 3.83. The predicted octanol–water partition coefficient (Wildman–Crippen LogP) is -1.28. The van der Waals surface area contributed by atoms with Gasteiger partial charge in [-0.25, -0.2) is 4.79 Å². The molecule has 0 radical (unpaired) electrons. The van der Waals surface area contributed by atoms with Crippen LogP contribution in [0.3, 0.4) is 0 Å². The molecule has 0 aromatic rings. The lowest BCUT2D eigenvalue weighted by atomic mass is 10.1. The van der Waals surface area contributed by atoms with Gasteiger partial charge in [0.2, 0.25) is 5.92 Å². The summed E-state index contributed by atoms with van der Waals surface area (Å²) in [4.78, 5) is 11.4. The number of rotatable bonds is 2. The SMILES string of the molecule is N#CC(C#N)C(=O)O[C@H]1CO[C@H]2[C@@H]1OC[C@H]2O. The minimum absolute atomic E-state index is 0.0989. The molecule has 0 saturated carbocycles. The van der Waals surface area contributed by atoms with E-state index in [0.717, 1.165) is 0 Å². The van der Waals surface area contributed by atoms with Crippen molar-refractivity contribution in [2.75, 3.05) is 13.2 Å². The summed E-state index contributed by atoms with van der Waals surface area (Å²) >= 11 is 0. The minimum atomic E-state index is -1.44. The van der Waals surface area contributed by atoms with Gasteiger partial charge in [0.15, 0.2) is 6.10 Å². The second-order valence-corrected chi connectivity index (χ2v) is 3.83. The lowest BCUT2D eigenvalue weighted by Crippen LogP contribution is -2.35. The van der Waals surface area contributed by atoms with Crippen LogP contribution in [0.25, 0.3) is 0 Å². The van der Waals surface area contributed by atoms with Gasteiger partial charge < -0.3 is 19.3 Å². The zero-order chi connectivity index (χ0) is 12.4. The van der Waals surface area contributed by atoms with E-state index in [-0.39, 0.29) is 13.2 Å². The van der Waals surface area contributed by atoms with E-state index in [2.05, 4.69) is 0 Å². The number of carbonyl (C=O) groups excluding carboxylic acids is 1. The average Bonchev–Trinajstić information content (AvgIpc) is 2.86. The molecular formula is C10H10N2O5. The molecule has 7 heteroatoms. The van der Waals surface area contributed by atoms with Gasteiger partial charge in [0.25, 0.3) is 0 Å². The number of nitrogens with zero attached hydrogens (tertiary/aromatic N) is 2. The minimum Gasteiger partial charge on any atom is -0.455 e. The third-order valence-corrected chi connectivity index (χ3v) is 2.74. The third-order valence-electron chi connectivity index (χ3n) is 2.74. The highest BCUT2D eigenvalue weighted by Gasteiger charge is 2.49. The number of nitriles is 2. The number of fused-ring (bicyclic) bond motifs is 1. The van der Waals surface area contributed by atoms with Crippen LogP contribution in [0.2, 0.25) is 0 Å². The molecule has 4 atom stereocenters. The quantitative estimate of drug-likeness (QED) is 0.596. The van der Waals surface area contributed by atoms with Crippen LogP contribution >= 0.6 is 0 Å². The zero-order valence-electron chi connectivity index (χ0n) is 8.78. The maximum atomic E-state index is 11.4. The summed E-state index contributed by atoms with van der Waals surface area (Å²) in [5.41, 5.74) is 0. The Balaban J connectivity index is 1.96. The summed E-state index contributed by atoms with van der Waals surface area (Å²) in [6, 6.07) is 3.05. The Labute approximate surface area is 97.1 Å². The summed E-state index contributed by atoms with van der Waals surface area (Å²) in [6.45, 7) is 0.227. The maximum Gasteiger partial charge on any atom is 0.338 e. The van der Waals surface area contributed by atoms with E-state index in [1.54, 1.807) is 0 Å². The topological polar surface area (TPSA) is 113 Å². The van der Waals surface area contributed by atoms with Crippen LogP contribution in [0, 0.1) is 28.6 Å². The fourth-order valence-electron chi connectivity index (χ4n) is 1.90. The van der Waals surface area contributed by atoms with Gasteiger partial charge in [-0.3, -0.25) is 0 Å². The molecule has 90 valence electrons. The Morgan fingerprint density at radius 1 is 1.29 bits per heavy atom. The molecule has 0 spiro atoms. The van der Waals surface area contributed by atoms with E-state index in [9.17, 15) is 9.90 Å². The first-order valence-electron chi connectivity index (χ1n) is 5.08. The number of aliphatic hydroxyl groups is 1. The van der Waals surface area contributed by atoms with Crippen molar-refractivity contribution in [2.45, 2.75) is 24.4 Å². The molecule has 0 aromatic carbocycles. The Kier molecular flexibility index (Phi) is 3.25. The molecule has 1 N–H and O–H groups in total. The molecule has 0 bridgehead atoms. The van der Waals surface area contributed by atoms with Crippen molar-refractivity contribution in [1.29, 1.82) is 10.5 Å². The fraction of sp³-hybridized carbons (Fsp3) is 0.700. The fourth-order valence-corrected chi connectivity index (χ4v) is 1.90. The van der Waals surface area contributed by atoms with Crippen molar-refractivity contribution >= 4 is 5.97 Å². The lowest BCUT2D eigenvalue weighted by Gasteiger charge is -2.16. The van der Waals surface area contributed by atoms with Crippen LogP contribution < -0.4 is 0 Å². The summed E-state index contributed by atoms with van der Waals surface area (Å²) in [5, 5.41) is 26.5. The van der Waals surface area contributed by atoms with Crippen molar-refractivity contribution in [1.82, 2.24) is 0 Å². The lowest BCUT2D eigenvalue weighted by molar-refractivity contribution is -0.155. The Hall–Kier alpha value is -1.67. The van der Waals surface area contributed by atoms with E-state index < -0.39 is 36.3 Å². The normalized spacial score (nSPS) is 35.1. The van der Waals surface area contributed by atoms with Crippen molar-refractivity contribution in [3.63, 3.8) is 0 Å². The highest BCUT2D eigenvalue weighted by molar-refractivity contribution is 5.78. The van der Waals surface area contributed by atoms with Crippen LogP contribution in [0.5, 0.6) is 0 Å². The van der Waals surface area contributed by atoms with E-state index >= 15 is 0 Å². The standard InChI is InChI=1S/C10H10N2O5/c11-1-5(2-12)10(14)17-7-4-16-8-6(13)3-15-9(7)8/h5-9,13H,3-4H2/t6-,7+,8-,9-/m1/s1. The average molecular weight is 238 g/mol. The van der Waals surface area contributed by atoms with E-state index in [4.69, 9.17) is 24.7 Å². The van der Waals surface area contributed by atoms with Gasteiger partial charge in [-0.05, 0) is 0 Å². The van der Waals surface area contributed by atoms with Crippen LogP contribution in [-0.2, 0) is 19.0 Å². The number of hydrogen-bond acceptors (Lipinski definition) is 7. The molecule has 0 unspecified atom stereocenters. The highest BCUT2D eigenvalue weighted by Crippen LogP contribution is 2.29. The molecule has 2 rings (SSSR count). The summed E-state index contributed by atoms with van der Waals surface area (Å²) in [5.74, 6) is -2.35. The molecule has 0 amide bonds. The summed E-state index contributed by atoms with van der Waals surface area (Å²) in [7, 11) is 0. The van der Waals surface area contributed by atoms with Gasteiger partial charge in [-0.1, -0.05) is 0 Å². The molecule has 2 aliphatic heterocycles. The first kappa shape index (κ1) is 11.8. The maximum absolute atomic E-state index is 11.4. The first-order chi connectivity index (χ1) is 8.17. The third kappa shape index (κ3) is 2.08. The number of esters is 1. The van der Waals surface area contributed by atoms with Crippen LogP contribution in [-0.4, -0.2) is 48.7 Å². The van der Waals surface area contributed by atoms with Gasteiger partial charge >= 0.3 is 5.97 Å². The molecule has 7 nitrogen and oxygen atoms in total. The number of hydrogen-bond donors (Lipinski definition) is 1. The largest absolute Gasteiger partial charge is 0.455 e. The van der Waals surface area contributed by atoms with Crippen LogP contribution in [0.4, 0.5) is 0 Å². The van der Waals surface area contributed by atoms with Gasteiger partial charge in [0, 0.05) is 0 Å². The summed E-state index contributed by atoms with van der Waals surface area (Å²) in [6.07, 6.45) is -2.43. The van der Waals surface area contributed by atoms with E-state index in [1.807, 2.05) is 0 Å². The van der Waals surface area contributed by atoms with E-state index in [1.165, 1.54) is 12.1 Å². The zero-order valence-corrected chi connectivity index (χ0v) is 8.78. The van der Waals surface area contributed by atoms with Crippen molar-refractivity contribution in [2.24, 2.45) is 5.92 Å². The predicted molar refractivity (Wildman–Crippen MR) is 50.1 cm³/mol. The Morgan fingerprint density at radius 2 is 1.94 bits per heavy atom. The van der Waals surface area contributed by atoms with Gasteiger partial charge in [0.05, 0.1) is 25.4 Å². The van der Waals surface area contributed by atoms with Crippen molar-refractivity contribution in [3.05, 3.63) is 0 Å². The van der Waals surface area contributed by atoms with Crippen LogP contribution in [0.1, 0.15) is 0 Å². The Bertz CT molecular complexity index is 384. The number of ether oxygens (including phenoxy) is 3. The van der Waals surface area contributed by atoms with E-state index in [0.29, 0.717) is 0 Å². The Morgan fingerprint density at radius 3 is 2.59 bits per heavy atom.